The molecule has 0 aliphatic carbocycles. The average Bonchev–Trinajstić information content (AvgIpc) is 2.22. The van der Waals surface area contributed by atoms with E-state index < -0.39 is 5.91 Å². The van der Waals surface area contributed by atoms with Crippen molar-refractivity contribution in [2.24, 2.45) is 0 Å². The molecule has 1 radical (unpaired) electrons. The second-order valence-corrected chi connectivity index (χ2v) is 3.57. The van der Waals surface area contributed by atoms with Crippen LogP contribution in [-0.4, -0.2) is 44.5 Å². The number of hydrogen-bond acceptors (Lipinski definition) is 4. The number of ether oxygens (including phenoxy) is 3. The van der Waals surface area contributed by atoms with Crippen molar-refractivity contribution >= 4 is 21.8 Å². The number of carbonyl (C=O) groups excluding carboxylic acids is 1. The number of nitrogens with one attached hydrogen (secondary N) is 1. The summed E-state index contributed by atoms with van der Waals surface area (Å²) in [6.45, 7) is 1.21. The summed E-state index contributed by atoms with van der Waals surface area (Å²) < 4.78 is 15.2. The third-order valence-corrected chi connectivity index (χ3v) is 2.41. The Bertz CT molecular complexity index is 168. The van der Waals surface area contributed by atoms with Crippen LogP contribution < -0.4 is 5.73 Å². The minimum Gasteiger partial charge on any atom is -0.382 e. The zero-order chi connectivity index (χ0) is 11.5. The summed E-state index contributed by atoms with van der Waals surface area (Å²) in [5.74, 6) is -0.565. The van der Waals surface area contributed by atoms with Crippen LogP contribution in [0.1, 0.15) is 12.8 Å². The molecule has 0 bridgehead atoms. The van der Waals surface area contributed by atoms with E-state index in [9.17, 15) is 4.79 Å². The van der Waals surface area contributed by atoms with Gasteiger partial charge in [-0.05, 0) is 6.42 Å². The SMILES string of the molecule is COCCOCO[C@H](CBr)CCC([NH])=O. The smallest absolute Gasteiger partial charge is 0.238 e. The second-order valence-electron chi connectivity index (χ2n) is 2.92. The second kappa shape index (κ2) is 10.4. The predicted octanol–water partition coefficient (Wildman–Crippen LogP) is 0.977. The van der Waals surface area contributed by atoms with E-state index in [4.69, 9.17) is 19.9 Å². The Morgan fingerprint density at radius 3 is 2.73 bits per heavy atom. The molecule has 0 aliphatic heterocycles. The first-order valence-electron chi connectivity index (χ1n) is 4.69. The number of halogens is 1. The van der Waals surface area contributed by atoms with Crippen LogP contribution >= 0.6 is 15.9 Å². The van der Waals surface area contributed by atoms with Crippen LogP contribution in [0.2, 0.25) is 0 Å². The maximum atomic E-state index is 10.4. The number of hydrogen-bond donors (Lipinski definition) is 0. The van der Waals surface area contributed by atoms with E-state index in [2.05, 4.69) is 15.9 Å². The molecular weight excluding hydrogens is 266 g/mol. The molecule has 0 aliphatic rings. The molecule has 0 saturated carbocycles. The van der Waals surface area contributed by atoms with Gasteiger partial charge in [-0.15, -0.1) is 0 Å². The number of rotatable bonds is 10. The summed E-state index contributed by atoms with van der Waals surface area (Å²) in [6.07, 6.45) is 0.678. The summed E-state index contributed by atoms with van der Waals surface area (Å²) in [4.78, 5) is 10.4. The quantitative estimate of drug-likeness (QED) is 0.340. The van der Waals surface area contributed by atoms with Crippen LogP contribution in [0.25, 0.3) is 0 Å². The molecule has 0 aromatic heterocycles. The topological polar surface area (TPSA) is 68.6 Å². The largest absolute Gasteiger partial charge is 0.382 e. The molecule has 0 aromatic carbocycles. The van der Waals surface area contributed by atoms with Gasteiger partial charge in [-0.2, -0.15) is 0 Å². The minimum absolute atomic E-state index is 0.0816. The van der Waals surface area contributed by atoms with Crippen molar-refractivity contribution in [2.45, 2.75) is 18.9 Å². The Labute approximate surface area is 98.4 Å². The standard InChI is InChI=1S/C9H17BrNO4/c1-13-4-5-14-7-15-8(6-10)2-3-9(11)12/h8,11H,2-7H2,1H3/t8-/m0/s1. The van der Waals surface area contributed by atoms with Crippen molar-refractivity contribution in [1.82, 2.24) is 5.73 Å². The lowest BCUT2D eigenvalue weighted by Crippen LogP contribution is -2.19. The summed E-state index contributed by atoms with van der Waals surface area (Å²) >= 11 is 3.27. The molecule has 0 aromatic rings. The van der Waals surface area contributed by atoms with Gasteiger partial charge in [0, 0.05) is 18.9 Å². The van der Waals surface area contributed by atoms with Gasteiger partial charge in [0.15, 0.2) is 0 Å². The first-order valence-corrected chi connectivity index (χ1v) is 5.81. The summed E-state index contributed by atoms with van der Waals surface area (Å²) in [5, 5.41) is 0.633. The van der Waals surface area contributed by atoms with E-state index in [-0.39, 0.29) is 19.3 Å². The molecule has 89 valence electrons. The van der Waals surface area contributed by atoms with Gasteiger partial charge in [-0.1, -0.05) is 15.9 Å². The Balaban J connectivity index is 3.40. The van der Waals surface area contributed by atoms with Crippen molar-refractivity contribution in [3.63, 3.8) is 0 Å². The van der Waals surface area contributed by atoms with Gasteiger partial charge < -0.3 is 14.2 Å². The molecule has 0 heterocycles. The van der Waals surface area contributed by atoms with Crippen molar-refractivity contribution in [1.29, 1.82) is 0 Å². The Morgan fingerprint density at radius 1 is 1.47 bits per heavy atom. The van der Waals surface area contributed by atoms with E-state index in [1.54, 1.807) is 7.11 Å². The lowest BCUT2D eigenvalue weighted by Gasteiger charge is -2.14. The number of alkyl halides is 1. The van der Waals surface area contributed by atoms with E-state index in [0.717, 1.165) is 0 Å². The number of amides is 1. The van der Waals surface area contributed by atoms with Gasteiger partial charge in [-0.3, -0.25) is 10.5 Å². The molecule has 1 atom stereocenters. The normalized spacial score (nSPS) is 12.7. The molecule has 5 nitrogen and oxygen atoms in total. The number of methoxy groups -OCH3 is 1. The van der Waals surface area contributed by atoms with E-state index in [1.165, 1.54) is 0 Å². The third kappa shape index (κ3) is 10.1. The van der Waals surface area contributed by atoms with Gasteiger partial charge in [0.25, 0.3) is 0 Å². The highest BCUT2D eigenvalue weighted by atomic mass is 79.9. The fourth-order valence-corrected chi connectivity index (χ4v) is 1.35. The molecule has 15 heavy (non-hydrogen) atoms. The maximum Gasteiger partial charge on any atom is 0.238 e. The van der Waals surface area contributed by atoms with Crippen molar-refractivity contribution in [3.8, 4) is 0 Å². The Hall–Kier alpha value is -0.170. The summed E-state index contributed by atoms with van der Waals surface area (Å²) in [6, 6.07) is 0. The molecule has 1 amide bonds. The summed E-state index contributed by atoms with van der Waals surface area (Å²) in [7, 11) is 1.60. The minimum atomic E-state index is -0.565. The van der Waals surface area contributed by atoms with E-state index in [1.807, 2.05) is 0 Å². The number of carbonyl (C=O) groups is 1. The molecule has 0 fully saturated rings. The zero-order valence-corrected chi connectivity index (χ0v) is 10.4. The van der Waals surface area contributed by atoms with Crippen molar-refractivity contribution in [3.05, 3.63) is 0 Å². The lowest BCUT2D eigenvalue weighted by atomic mass is 10.2. The fraction of sp³-hybridized carbons (Fsp3) is 0.889. The third-order valence-electron chi connectivity index (χ3n) is 1.68. The highest BCUT2D eigenvalue weighted by Crippen LogP contribution is 2.05. The van der Waals surface area contributed by atoms with E-state index >= 15 is 0 Å². The summed E-state index contributed by atoms with van der Waals surface area (Å²) in [5.41, 5.74) is 6.76. The highest BCUT2D eigenvalue weighted by Gasteiger charge is 2.09. The highest BCUT2D eigenvalue weighted by molar-refractivity contribution is 9.09. The monoisotopic (exact) mass is 282 g/mol. The van der Waals surface area contributed by atoms with Crippen LogP contribution in [0.3, 0.4) is 0 Å². The average molecular weight is 283 g/mol. The van der Waals surface area contributed by atoms with Gasteiger partial charge in [0.1, 0.15) is 6.79 Å². The van der Waals surface area contributed by atoms with Crippen LogP contribution in [0, 0.1) is 0 Å². The fourth-order valence-electron chi connectivity index (χ4n) is 0.843. The molecular formula is C9H17BrNO4. The van der Waals surface area contributed by atoms with Gasteiger partial charge in [0.2, 0.25) is 5.91 Å². The van der Waals surface area contributed by atoms with Crippen LogP contribution in [0.5, 0.6) is 0 Å². The van der Waals surface area contributed by atoms with Gasteiger partial charge >= 0.3 is 0 Å². The van der Waals surface area contributed by atoms with E-state index in [0.29, 0.717) is 25.0 Å². The van der Waals surface area contributed by atoms with Gasteiger partial charge in [-0.25, -0.2) is 0 Å². The van der Waals surface area contributed by atoms with Crippen molar-refractivity contribution < 1.29 is 19.0 Å². The molecule has 0 unspecified atom stereocenters. The maximum absolute atomic E-state index is 10.4. The molecule has 1 N–H and O–H groups in total. The predicted molar refractivity (Wildman–Crippen MR) is 58.7 cm³/mol. The van der Waals surface area contributed by atoms with Crippen LogP contribution in [0.15, 0.2) is 0 Å². The molecule has 0 saturated heterocycles. The van der Waals surface area contributed by atoms with Crippen molar-refractivity contribution in [2.75, 3.05) is 32.4 Å². The Kier molecular flexibility index (Phi) is 10.2. The molecule has 0 rings (SSSR count). The first kappa shape index (κ1) is 14.8. The lowest BCUT2D eigenvalue weighted by molar-refractivity contribution is -0.121. The van der Waals surface area contributed by atoms with Crippen LogP contribution in [-0.2, 0) is 19.0 Å². The first-order chi connectivity index (χ1) is 7.20. The Morgan fingerprint density at radius 2 is 2.20 bits per heavy atom. The zero-order valence-electron chi connectivity index (χ0n) is 8.83. The van der Waals surface area contributed by atoms with Gasteiger partial charge in [0.05, 0.1) is 19.3 Å². The van der Waals surface area contributed by atoms with Crippen LogP contribution in [0.4, 0.5) is 0 Å². The molecule has 0 spiro atoms. The molecule has 6 heteroatoms.